The number of rotatable bonds is 35. The lowest BCUT2D eigenvalue weighted by Gasteiger charge is -2.21. The smallest absolute Gasteiger partial charge is 0.0316 e. The molecular formula is C60H92N2. The minimum Gasteiger partial charge on any atom is -0.399 e. The molecule has 0 aromatic heterocycles. The molecule has 0 bridgehead atoms. The van der Waals surface area contributed by atoms with Gasteiger partial charge >= 0.3 is 0 Å². The molecule has 4 N–H and O–H groups in total. The maximum Gasteiger partial charge on any atom is 0.0316 e. The van der Waals surface area contributed by atoms with Crippen LogP contribution in [0.1, 0.15) is 250 Å². The van der Waals surface area contributed by atoms with E-state index in [1.807, 2.05) is 0 Å². The van der Waals surface area contributed by atoms with Crippen molar-refractivity contribution in [3.63, 3.8) is 0 Å². The molecule has 0 saturated heterocycles. The number of hydrogen-bond acceptors (Lipinski definition) is 2. The molecule has 2 heteroatoms. The fourth-order valence-corrected chi connectivity index (χ4v) is 10.1. The molecule has 0 radical (unpaired) electrons. The van der Waals surface area contributed by atoms with E-state index in [0.29, 0.717) is 11.8 Å². The van der Waals surface area contributed by atoms with Crippen molar-refractivity contribution in [2.75, 3.05) is 11.5 Å². The van der Waals surface area contributed by atoms with Crippen molar-refractivity contribution in [3.8, 4) is 0 Å². The third-order valence-corrected chi connectivity index (χ3v) is 14.0. The Morgan fingerprint density at radius 2 is 0.629 bits per heavy atom. The number of benzene rings is 4. The van der Waals surface area contributed by atoms with Gasteiger partial charge in [-0.15, -0.1) is 0 Å². The van der Waals surface area contributed by atoms with Gasteiger partial charge in [0, 0.05) is 23.2 Å². The second kappa shape index (κ2) is 31.3. The third kappa shape index (κ3) is 19.9. The van der Waals surface area contributed by atoms with Gasteiger partial charge in [-0.3, -0.25) is 0 Å². The molecule has 2 unspecified atom stereocenters. The number of nitrogens with two attached hydrogens (primary N) is 2. The fraction of sp³-hybridized carbons (Fsp3) is 0.600. The summed E-state index contributed by atoms with van der Waals surface area (Å²) in [6, 6.07) is 32.4. The Morgan fingerprint density at radius 1 is 0.339 bits per heavy atom. The second-order valence-corrected chi connectivity index (χ2v) is 19.4. The molecule has 4 aromatic rings. The van der Waals surface area contributed by atoms with E-state index in [0.717, 1.165) is 11.4 Å². The van der Waals surface area contributed by atoms with E-state index in [9.17, 15) is 0 Å². The minimum atomic E-state index is 0.465. The first-order chi connectivity index (χ1) is 30.4. The number of anilines is 2. The first-order valence-corrected chi connectivity index (χ1v) is 26.3. The van der Waals surface area contributed by atoms with Crippen LogP contribution in [0, 0.1) is 13.8 Å². The van der Waals surface area contributed by atoms with Crippen LogP contribution in [0.2, 0.25) is 0 Å². The number of hydrogen-bond donors (Lipinski definition) is 2. The Morgan fingerprint density at radius 3 is 0.935 bits per heavy atom. The molecule has 0 aliphatic heterocycles. The molecule has 62 heavy (non-hydrogen) atoms. The summed E-state index contributed by atoms with van der Waals surface area (Å²) >= 11 is 0. The molecular weight excluding hydrogens is 749 g/mol. The molecule has 342 valence electrons. The zero-order chi connectivity index (χ0) is 44.0. The van der Waals surface area contributed by atoms with Gasteiger partial charge in [0.1, 0.15) is 0 Å². The van der Waals surface area contributed by atoms with Crippen LogP contribution in [0.5, 0.6) is 0 Å². The standard InChI is InChI=1S/C60H92N2/c1-5-7-9-11-25-29-33-59(57-45-43-55(61)47-49(57)3)53-39-35-51(36-40-53)31-27-23-21-19-17-15-13-14-16-18-20-22-24-28-32-52-37-41-54(42-38-52)60(34-30-26-12-10-8-6-2)58-46-44-56(62)48-50(58)4/h35-48,59-60H,5-34,61-62H2,1-4H3. The maximum absolute atomic E-state index is 6.13. The van der Waals surface area contributed by atoms with Gasteiger partial charge in [-0.25, -0.2) is 0 Å². The molecule has 0 amide bonds. The SMILES string of the molecule is CCCCCCCCC(c1ccc(CCCCCCCCCCCCCCCCc2ccc(C(CCCCCCCC)c3ccc(N)cc3C)cc2)cc1)c1ccc(N)cc1C. The van der Waals surface area contributed by atoms with Gasteiger partial charge in [-0.2, -0.15) is 0 Å². The van der Waals surface area contributed by atoms with Gasteiger partial charge in [-0.05, 0) is 121 Å². The number of aryl methyl sites for hydroxylation is 4. The Balaban J connectivity index is 1.01. The lowest BCUT2D eigenvalue weighted by molar-refractivity contribution is 0.533. The normalized spacial score (nSPS) is 12.5. The van der Waals surface area contributed by atoms with E-state index < -0.39 is 0 Å². The lowest BCUT2D eigenvalue weighted by Crippen LogP contribution is -2.05. The molecule has 4 rings (SSSR count). The maximum atomic E-state index is 6.13. The highest BCUT2D eigenvalue weighted by molar-refractivity contribution is 5.49. The van der Waals surface area contributed by atoms with Crippen molar-refractivity contribution in [3.05, 3.63) is 129 Å². The highest BCUT2D eigenvalue weighted by atomic mass is 14.5. The van der Waals surface area contributed by atoms with Crippen LogP contribution in [-0.2, 0) is 12.8 Å². The fourth-order valence-electron chi connectivity index (χ4n) is 10.1. The first kappa shape index (κ1) is 51.1. The number of unbranched alkanes of at least 4 members (excludes halogenated alkanes) is 23. The van der Waals surface area contributed by atoms with Crippen molar-refractivity contribution in [1.29, 1.82) is 0 Å². The summed E-state index contributed by atoms with van der Waals surface area (Å²) in [4.78, 5) is 0. The van der Waals surface area contributed by atoms with Crippen LogP contribution in [0.15, 0.2) is 84.9 Å². The van der Waals surface area contributed by atoms with Crippen LogP contribution < -0.4 is 11.5 Å². The highest BCUT2D eigenvalue weighted by Gasteiger charge is 2.18. The van der Waals surface area contributed by atoms with Crippen molar-refractivity contribution in [2.45, 2.75) is 232 Å². The van der Waals surface area contributed by atoms with Gasteiger partial charge in [0.2, 0.25) is 0 Å². The zero-order valence-electron chi connectivity index (χ0n) is 40.6. The quantitative estimate of drug-likeness (QED) is 0.0358. The summed E-state index contributed by atoms with van der Waals surface area (Å²) < 4.78 is 0. The topological polar surface area (TPSA) is 52.0 Å². The van der Waals surface area contributed by atoms with Gasteiger partial charge in [0.05, 0.1) is 0 Å². The third-order valence-electron chi connectivity index (χ3n) is 14.0. The van der Waals surface area contributed by atoms with Crippen LogP contribution in [0.25, 0.3) is 0 Å². The summed E-state index contributed by atoms with van der Waals surface area (Å²) in [5.74, 6) is 0.929. The van der Waals surface area contributed by atoms with Crippen molar-refractivity contribution < 1.29 is 0 Å². The van der Waals surface area contributed by atoms with Crippen LogP contribution in [0.3, 0.4) is 0 Å². The molecule has 4 aromatic carbocycles. The second-order valence-electron chi connectivity index (χ2n) is 19.4. The van der Waals surface area contributed by atoms with Crippen LogP contribution >= 0.6 is 0 Å². The summed E-state index contributed by atoms with van der Waals surface area (Å²) in [6.45, 7) is 9.06. The highest BCUT2D eigenvalue weighted by Crippen LogP contribution is 2.35. The van der Waals surface area contributed by atoms with Crippen molar-refractivity contribution in [1.82, 2.24) is 0 Å². The summed E-state index contributed by atoms with van der Waals surface area (Å²) in [5.41, 5.74) is 25.5. The summed E-state index contributed by atoms with van der Waals surface area (Å²) in [6.07, 6.45) is 40.5. The summed E-state index contributed by atoms with van der Waals surface area (Å²) in [7, 11) is 0. The van der Waals surface area contributed by atoms with Gasteiger partial charge in [-0.1, -0.05) is 229 Å². The molecule has 0 saturated carbocycles. The molecule has 2 atom stereocenters. The largest absolute Gasteiger partial charge is 0.399 e. The average molecular weight is 841 g/mol. The van der Waals surface area contributed by atoms with E-state index in [-0.39, 0.29) is 0 Å². The first-order valence-electron chi connectivity index (χ1n) is 26.3. The molecule has 2 nitrogen and oxygen atoms in total. The Bertz CT molecular complexity index is 1590. The monoisotopic (exact) mass is 841 g/mol. The minimum absolute atomic E-state index is 0.465. The zero-order valence-corrected chi connectivity index (χ0v) is 40.6. The van der Waals surface area contributed by atoms with Crippen molar-refractivity contribution >= 4 is 11.4 Å². The van der Waals surface area contributed by atoms with Crippen LogP contribution in [0.4, 0.5) is 11.4 Å². The number of nitrogen functional groups attached to an aromatic ring is 2. The van der Waals surface area contributed by atoms with Gasteiger partial charge < -0.3 is 11.5 Å². The molecule has 0 aliphatic rings. The van der Waals surface area contributed by atoms with Gasteiger partial charge in [0.15, 0.2) is 0 Å². The predicted octanol–water partition coefficient (Wildman–Crippen LogP) is 18.5. The van der Waals surface area contributed by atoms with E-state index in [1.165, 1.54) is 237 Å². The van der Waals surface area contributed by atoms with E-state index in [1.54, 1.807) is 0 Å². The summed E-state index contributed by atoms with van der Waals surface area (Å²) in [5, 5.41) is 0. The van der Waals surface area contributed by atoms with Crippen LogP contribution in [-0.4, -0.2) is 0 Å². The lowest BCUT2D eigenvalue weighted by atomic mass is 9.84. The van der Waals surface area contributed by atoms with E-state index in [2.05, 4.69) is 113 Å². The molecule has 0 heterocycles. The average Bonchev–Trinajstić information content (AvgIpc) is 3.27. The van der Waals surface area contributed by atoms with Gasteiger partial charge in [0.25, 0.3) is 0 Å². The van der Waals surface area contributed by atoms with E-state index in [4.69, 9.17) is 11.5 Å². The molecule has 0 aliphatic carbocycles. The molecule has 0 spiro atoms. The Labute approximate surface area is 382 Å². The molecule has 0 fully saturated rings. The van der Waals surface area contributed by atoms with Crippen molar-refractivity contribution in [2.24, 2.45) is 0 Å². The Kier molecular flexibility index (Phi) is 25.8. The van der Waals surface area contributed by atoms with E-state index >= 15 is 0 Å². The predicted molar refractivity (Wildman–Crippen MR) is 276 cm³/mol. The Hall–Kier alpha value is -3.52.